The maximum Gasteiger partial charge on any atom is 0.0543 e. The maximum atomic E-state index is 8.88. The van der Waals surface area contributed by atoms with Gasteiger partial charge in [0.15, 0.2) is 0 Å². The van der Waals surface area contributed by atoms with Crippen LogP contribution in [-0.2, 0) is 12.1 Å². The van der Waals surface area contributed by atoms with E-state index in [1.165, 1.54) is 5.56 Å². The van der Waals surface area contributed by atoms with Gasteiger partial charge >= 0.3 is 0 Å². The standard InChI is InChI=1S/C15H29N3O/c1-14(2,3)18-11-13(10-17-18)9-16-12-15(4,5)7-6-8-19/h10-11,16,19H,6-9,12H2,1-5H3. The summed E-state index contributed by atoms with van der Waals surface area (Å²) in [6, 6.07) is 0. The Bertz CT molecular complexity index is 377. The van der Waals surface area contributed by atoms with Gasteiger partial charge in [-0.2, -0.15) is 5.10 Å². The lowest BCUT2D eigenvalue weighted by atomic mass is 9.88. The molecule has 0 amide bonds. The first-order valence-corrected chi connectivity index (χ1v) is 7.10. The summed E-state index contributed by atoms with van der Waals surface area (Å²) in [7, 11) is 0. The fourth-order valence-electron chi connectivity index (χ4n) is 2.01. The number of nitrogens with one attached hydrogen (secondary N) is 1. The third-order valence-corrected chi connectivity index (χ3v) is 3.27. The quantitative estimate of drug-likeness (QED) is 0.798. The van der Waals surface area contributed by atoms with Crippen LogP contribution in [0.15, 0.2) is 12.4 Å². The van der Waals surface area contributed by atoms with E-state index in [9.17, 15) is 0 Å². The molecule has 2 N–H and O–H groups in total. The second-order valence-electron chi connectivity index (χ2n) is 7.06. The van der Waals surface area contributed by atoms with Gasteiger partial charge in [0.25, 0.3) is 0 Å². The van der Waals surface area contributed by atoms with Crippen molar-refractivity contribution in [2.75, 3.05) is 13.2 Å². The smallest absolute Gasteiger partial charge is 0.0543 e. The van der Waals surface area contributed by atoms with Crippen molar-refractivity contribution in [2.24, 2.45) is 5.41 Å². The van der Waals surface area contributed by atoms with Crippen LogP contribution in [0, 0.1) is 5.41 Å². The molecule has 1 rings (SSSR count). The topological polar surface area (TPSA) is 50.1 Å². The first-order valence-electron chi connectivity index (χ1n) is 7.10. The highest BCUT2D eigenvalue weighted by Gasteiger charge is 2.17. The molecule has 0 atom stereocenters. The van der Waals surface area contributed by atoms with Crippen molar-refractivity contribution in [2.45, 2.75) is 59.5 Å². The van der Waals surface area contributed by atoms with E-state index < -0.39 is 0 Å². The van der Waals surface area contributed by atoms with Gasteiger partial charge in [-0.15, -0.1) is 0 Å². The van der Waals surface area contributed by atoms with Crippen LogP contribution in [0.4, 0.5) is 0 Å². The number of hydrogen-bond acceptors (Lipinski definition) is 3. The fraction of sp³-hybridized carbons (Fsp3) is 0.800. The number of hydrogen-bond donors (Lipinski definition) is 2. The zero-order chi connectivity index (χ0) is 14.5. The summed E-state index contributed by atoms with van der Waals surface area (Å²) in [5, 5.41) is 16.8. The monoisotopic (exact) mass is 267 g/mol. The number of nitrogens with zero attached hydrogens (tertiary/aromatic N) is 2. The van der Waals surface area contributed by atoms with Crippen molar-refractivity contribution in [3.8, 4) is 0 Å². The first-order chi connectivity index (χ1) is 8.74. The molecule has 0 bridgehead atoms. The number of aromatic nitrogens is 2. The molecule has 0 aliphatic rings. The van der Waals surface area contributed by atoms with E-state index in [2.05, 4.69) is 51.2 Å². The van der Waals surface area contributed by atoms with Crippen molar-refractivity contribution < 1.29 is 5.11 Å². The van der Waals surface area contributed by atoms with E-state index in [1.54, 1.807) is 0 Å². The zero-order valence-electron chi connectivity index (χ0n) is 13.0. The third kappa shape index (κ3) is 5.74. The average Bonchev–Trinajstić information content (AvgIpc) is 2.74. The van der Waals surface area contributed by atoms with Crippen molar-refractivity contribution in [1.82, 2.24) is 15.1 Å². The molecular weight excluding hydrogens is 238 g/mol. The molecule has 0 radical (unpaired) electrons. The number of rotatable bonds is 7. The molecule has 0 aliphatic heterocycles. The van der Waals surface area contributed by atoms with E-state index in [4.69, 9.17) is 5.11 Å². The lowest BCUT2D eigenvalue weighted by Gasteiger charge is -2.24. The van der Waals surface area contributed by atoms with Crippen molar-refractivity contribution >= 4 is 0 Å². The van der Waals surface area contributed by atoms with Gasteiger partial charge in [0, 0.05) is 31.5 Å². The van der Waals surface area contributed by atoms with E-state index >= 15 is 0 Å². The van der Waals surface area contributed by atoms with Gasteiger partial charge < -0.3 is 10.4 Å². The van der Waals surface area contributed by atoms with Gasteiger partial charge in [-0.05, 0) is 39.0 Å². The molecule has 4 nitrogen and oxygen atoms in total. The summed E-state index contributed by atoms with van der Waals surface area (Å²) in [6.07, 6.45) is 5.95. The molecule has 1 aromatic rings. The largest absolute Gasteiger partial charge is 0.396 e. The Kier molecular flexibility index (Phi) is 5.56. The van der Waals surface area contributed by atoms with Crippen LogP contribution in [0.1, 0.15) is 53.0 Å². The van der Waals surface area contributed by atoms with E-state index in [1.807, 2.05) is 10.9 Å². The van der Waals surface area contributed by atoms with Crippen molar-refractivity contribution in [3.05, 3.63) is 18.0 Å². The first kappa shape index (κ1) is 16.2. The fourth-order valence-corrected chi connectivity index (χ4v) is 2.01. The minimum Gasteiger partial charge on any atom is -0.396 e. The van der Waals surface area contributed by atoms with Gasteiger partial charge in [-0.3, -0.25) is 4.68 Å². The molecule has 1 heterocycles. The molecule has 0 saturated heterocycles. The van der Waals surface area contributed by atoms with E-state index in [0.29, 0.717) is 0 Å². The van der Waals surface area contributed by atoms with Crippen LogP contribution >= 0.6 is 0 Å². The predicted molar refractivity (Wildman–Crippen MR) is 79.0 cm³/mol. The Morgan fingerprint density at radius 2 is 1.95 bits per heavy atom. The Hall–Kier alpha value is -0.870. The molecule has 19 heavy (non-hydrogen) atoms. The summed E-state index contributed by atoms with van der Waals surface area (Å²) >= 11 is 0. The molecule has 0 aromatic carbocycles. The maximum absolute atomic E-state index is 8.88. The number of aliphatic hydroxyl groups excluding tert-OH is 1. The van der Waals surface area contributed by atoms with Crippen LogP contribution in [0.3, 0.4) is 0 Å². The van der Waals surface area contributed by atoms with Gasteiger partial charge in [0.05, 0.1) is 11.7 Å². The average molecular weight is 267 g/mol. The number of aliphatic hydroxyl groups is 1. The van der Waals surface area contributed by atoms with Gasteiger partial charge in [-0.25, -0.2) is 0 Å². The highest BCUT2D eigenvalue weighted by Crippen LogP contribution is 2.21. The molecule has 0 spiro atoms. The minimum absolute atomic E-state index is 0.0403. The van der Waals surface area contributed by atoms with Crippen molar-refractivity contribution in [3.63, 3.8) is 0 Å². The van der Waals surface area contributed by atoms with Gasteiger partial charge in [0.2, 0.25) is 0 Å². The van der Waals surface area contributed by atoms with Crippen LogP contribution in [0.25, 0.3) is 0 Å². The van der Waals surface area contributed by atoms with E-state index in [0.717, 1.165) is 25.9 Å². The highest BCUT2D eigenvalue weighted by atomic mass is 16.2. The lowest BCUT2D eigenvalue weighted by Crippen LogP contribution is -2.29. The van der Waals surface area contributed by atoms with Gasteiger partial charge in [0.1, 0.15) is 0 Å². The summed E-state index contributed by atoms with van der Waals surface area (Å²) in [4.78, 5) is 0. The Balaban J connectivity index is 2.39. The van der Waals surface area contributed by atoms with Gasteiger partial charge in [-0.1, -0.05) is 13.8 Å². The molecule has 0 aliphatic carbocycles. The predicted octanol–water partition coefficient (Wildman–Crippen LogP) is 2.53. The molecule has 110 valence electrons. The third-order valence-electron chi connectivity index (χ3n) is 3.27. The Labute approximate surface area is 117 Å². The summed E-state index contributed by atoms with van der Waals surface area (Å²) in [6.45, 7) is 13.0. The second-order valence-corrected chi connectivity index (χ2v) is 7.06. The molecule has 4 heteroatoms. The van der Waals surface area contributed by atoms with Crippen LogP contribution in [-0.4, -0.2) is 28.0 Å². The minimum atomic E-state index is 0.0403. The lowest BCUT2D eigenvalue weighted by molar-refractivity contribution is 0.236. The molecule has 0 fully saturated rings. The summed E-state index contributed by atoms with van der Waals surface area (Å²) < 4.78 is 2.00. The molecular formula is C15H29N3O. The van der Waals surface area contributed by atoms with Crippen molar-refractivity contribution in [1.29, 1.82) is 0 Å². The summed E-state index contributed by atoms with van der Waals surface area (Å²) in [5.41, 5.74) is 1.48. The van der Waals surface area contributed by atoms with E-state index in [-0.39, 0.29) is 17.6 Å². The normalized spacial score (nSPS) is 12.9. The van der Waals surface area contributed by atoms with Crippen LogP contribution in [0.5, 0.6) is 0 Å². The Morgan fingerprint density at radius 1 is 1.26 bits per heavy atom. The SMILES string of the molecule is CC(C)(CCCO)CNCc1cnn(C(C)(C)C)c1. The molecule has 1 aromatic heterocycles. The molecule has 0 unspecified atom stereocenters. The van der Waals surface area contributed by atoms with Crippen LogP contribution < -0.4 is 5.32 Å². The zero-order valence-corrected chi connectivity index (χ0v) is 13.0. The Morgan fingerprint density at radius 3 is 2.47 bits per heavy atom. The molecule has 0 saturated carbocycles. The van der Waals surface area contributed by atoms with Crippen LogP contribution in [0.2, 0.25) is 0 Å². The summed E-state index contributed by atoms with van der Waals surface area (Å²) in [5.74, 6) is 0. The highest BCUT2D eigenvalue weighted by molar-refractivity contribution is 5.04. The second kappa shape index (κ2) is 6.53.